The Morgan fingerprint density at radius 1 is 1.60 bits per heavy atom. The SMILES string of the molecule is O=C1CCC(P(=O)(O)O)S1. The summed E-state index contributed by atoms with van der Waals surface area (Å²) in [6.45, 7) is 0. The second-order valence-corrected chi connectivity index (χ2v) is 5.48. The summed E-state index contributed by atoms with van der Waals surface area (Å²) in [5, 5.41) is -0.117. The maximum Gasteiger partial charge on any atom is 0.338 e. The van der Waals surface area contributed by atoms with E-state index in [4.69, 9.17) is 9.79 Å². The van der Waals surface area contributed by atoms with E-state index in [1.165, 1.54) is 0 Å². The average Bonchev–Trinajstić information content (AvgIpc) is 2.11. The highest BCUT2D eigenvalue weighted by atomic mass is 32.2. The largest absolute Gasteiger partial charge is 0.338 e. The minimum Gasteiger partial charge on any atom is -0.324 e. The normalized spacial score (nSPS) is 27.4. The van der Waals surface area contributed by atoms with Crippen molar-refractivity contribution in [2.45, 2.75) is 17.8 Å². The molecule has 1 unspecified atom stereocenters. The second kappa shape index (κ2) is 2.66. The van der Waals surface area contributed by atoms with Crippen LogP contribution in [0.3, 0.4) is 0 Å². The number of hydrogen-bond acceptors (Lipinski definition) is 3. The Bertz CT molecular complexity index is 197. The molecule has 0 bridgehead atoms. The predicted molar refractivity (Wildman–Crippen MR) is 37.7 cm³/mol. The Morgan fingerprint density at radius 2 is 2.20 bits per heavy atom. The second-order valence-electron chi connectivity index (χ2n) is 2.07. The number of hydrogen-bond donors (Lipinski definition) is 2. The molecule has 10 heavy (non-hydrogen) atoms. The zero-order valence-electron chi connectivity index (χ0n) is 5.06. The van der Waals surface area contributed by atoms with E-state index < -0.39 is 12.6 Å². The van der Waals surface area contributed by atoms with Gasteiger partial charge in [-0.3, -0.25) is 9.36 Å². The maximum absolute atomic E-state index is 10.5. The van der Waals surface area contributed by atoms with Gasteiger partial charge in [0, 0.05) is 6.42 Å². The van der Waals surface area contributed by atoms with Crippen LogP contribution in [0.5, 0.6) is 0 Å². The molecule has 4 nitrogen and oxygen atoms in total. The standard InChI is InChI=1S/C4H7O4PS/c5-3-1-2-4(10-3)9(6,7)8/h4H,1-2H2,(H2,6,7,8). The summed E-state index contributed by atoms with van der Waals surface area (Å²) in [5.41, 5.74) is 0. The van der Waals surface area contributed by atoms with Crippen LogP contribution < -0.4 is 0 Å². The monoisotopic (exact) mass is 182 g/mol. The Hall–Kier alpha value is 0.170. The lowest BCUT2D eigenvalue weighted by atomic mass is 10.4. The van der Waals surface area contributed by atoms with Crippen LogP contribution in [0, 0.1) is 0 Å². The highest BCUT2D eigenvalue weighted by molar-refractivity contribution is 8.18. The van der Waals surface area contributed by atoms with E-state index in [1.54, 1.807) is 0 Å². The minimum absolute atomic E-state index is 0.117. The van der Waals surface area contributed by atoms with Gasteiger partial charge in [0.2, 0.25) is 0 Å². The zero-order chi connectivity index (χ0) is 7.78. The van der Waals surface area contributed by atoms with E-state index >= 15 is 0 Å². The molecule has 2 N–H and O–H groups in total. The van der Waals surface area contributed by atoms with Gasteiger partial charge in [-0.05, 0) is 6.42 Å². The smallest absolute Gasteiger partial charge is 0.324 e. The van der Waals surface area contributed by atoms with Gasteiger partial charge in [-0.1, -0.05) is 11.8 Å². The fourth-order valence-electron chi connectivity index (χ4n) is 0.748. The van der Waals surface area contributed by atoms with E-state index in [-0.39, 0.29) is 5.12 Å². The van der Waals surface area contributed by atoms with Gasteiger partial charge in [-0.15, -0.1) is 0 Å². The van der Waals surface area contributed by atoms with Crippen molar-refractivity contribution in [1.29, 1.82) is 0 Å². The molecule has 58 valence electrons. The topological polar surface area (TPSA) is 74.6 Å². The highest BCUT2D eigenvalue weighted by Crippen LogP contribution is 2.52. The van der Waals surface area contributed by atoms with Crippen LogP contribution in [0.2, 0.25) is 0 Å². The summed E-state index contributed by atoms with van der Waals surface area (Å²) >= 11 is 0.770. The quantitative estimate of drug-likeness (QED) is 0.579. The van der Waals surface area contributed by atoms with Crippen LogP contribution in [-0.4, -0.2) is 19.9 Å². The minimum atomic E-state index is -4.01. The van der Waals surface area contributed by atoms with Gasteiger partial charge in [0.15, 0.2) is 5.12 Å². The molecule has 0 aromatic heterocycles. The van der Waals surface area contributed by atoms with Gasteiger partial charge < -0.3 is 9.79 Å². The Labute approximate surface area is 62.2 Å². The van der Waals surface area contributed by atoms with Crippen LogP contribution in [0.25, 0.3) is 0 Å². The molecule has 0 aromatic rings. The van der Waals surface area contributed by atoms with Crippen molar-refractivity contribution in [1.82, 2.24) is 0 Å². The van der Waals surface area contributed by atoms with Crippen molar-refractivity contribution in [3.8, 4) is 0 Å². The molecule has 1 heterocycles. The first-order chi connectivity index (χ1) is 4.50. The molecule has 1 rings (SSSR count). The van der Waals surface area contributed by atoms with E-state index in [0.29, 0.717) is 12.8 Å². The van der Waals surface area contributed by atoms with Crippen molar-refractivity contribution in [2.24, 2.45) is 0 Å². The third-order valence-corrected chi connectivity index (χ3v) is 4.36. The lowest BCUT2D eigenvalue weighted by Gasteiger charge is -2.07. The first-order valence-corrected chi connectivity index (χ1v) is 5.31. The summed E-state index contributed by atoms with van der Waals surface area (Å²) in [6.07, 6.45) is 0.605. The molecule has 0 saturated carbocycles. The number of carbonyl (C=O) groups is 1. The van der Waals surface area contributed by atoms with Gasteiger partial charge in [-0.2, -0.15) is 0 Å². The van der Waals surface area contributed by atoms with Gasteiger partial charge in [0.1, 0.15) is 4.99 Å². The zero-order valence-corrected chi connectivity index (χ0v) is 6.77. The van der Waals surface area contributed by atoms with Crippen molar-refractivity contribution in [2.75, 3.05) is 0 Å². The fourth-order valence-corrected chi connectivity index (χ4v) is 2.89. The lowest BCUT2D eigenvalue weighted by Crippen LogP contribution is -1.96. The van der Waals surface area contributed by atoms with Crippen molar-refractivity contribution in [3.05, 3.63) is 0 Å². The summed E-state index contributed by atoms with van der Waals surface area (Å²) in [5.74, 6) is 0. The molecule has 0 radical (unpaired) electrons. The Morgan fingerprint density at radius 3 is 2.40 bits per heavy atom. The summed E-state index contributed by atoms with van der Waals surface area (Å²) in [7, 11) is -4.01. The summed E-state index contributed by atoms with van der Waals surface area (Å²) in [4.78, 5) is 26.9. The molecule has 1 saturated heterocycles. The molecule has 0 spiro atoms. The van der Waals surface area contributed by atoms with Gasteiger partial charge in [0.05, 0.1) is 0 Å². The molecule has 6 heteroatoms. The van der Waals surface area contributed by atoms with Crippen molar-refractivity contribution >= 4 is 24.5 Å². The van der Waals surface area contributed by atoms with Gasteiger partial charge >= 0.3 is 7.60 Å². The van der Waals surface area contributed by atoms with Crippen LogP contribution >= 0.6 is 19.4 Å². The molecule has 0 aliphatic carbocycles. The first-order valence-electron chi connectivity index (χ1n) is 2.75. The van der Waals surface area contributed by atoms with Gasteiger partial charge in [0.25, 0.3) is 0 Å². The molecule has 1 aliphatic heterocycles. The average molecular weight is 182 g/mol. The molecule has 1 atom stereocenters. The lowest BCUT2D eigenvalue weighted by molar-refractivity contribution is -0.110. The van der Waals surface area contributed by atoms with E-state index in [1.807, 2.05) is 0 Å². The number of rotatable bonds is 1. The first kappa shape index (κ1) is 8.27. The predicted octanol–water partition coefficient (Wildman–Crippen LogP) is 0.544. The van der Waals surface area contributed by atoms with Crippen molar-refractivity contribution < 1.29 is 19.1 Å². The molecular weight excluding hydrogens is 175 g/mol. The van der Waals surface area contributed by atoms with Crippen LogP contribution in [-0.2, 0) is 9.36 Å². The van der Waals surface area contributed by atoms with Crippen LogP contribution in [0.1, 0.15) is 12.8 Å². The van der Waals surface area contributed by atoms with E-state index in [0.717, 1.165) is 11.8 Å². The highest BCUT2D eigenvalue weighted by Gasteiger charge is 2.36. The molecule has 1 aliphatic rings. The third kappa shape index (κ3) is 1.83. The van der Waals surface area contributed by atoms with Crippen LogP contribution in [0.4, 0.5) is 0 Å². The molecular formula is C4H7O4PS. The maximum atomic E-state index is 10.5. The Balaban J connectivity index is 2.62. The summed E-state index contributed by atoms with van der Waals surface area (Å²) in [6, 6.07) is 0. The fraction of sp³-hybridized carbons (Fsp3) is 0.750. The number of carbonyl (C=O) groups excluding carboxylic acids is 1. The Kier molecular flexibility index (Phi) is 2.20. The van der Waals surface area contributed by atoms with Gasteiger partial charge in [-0.25, -0.2) is 0 Å². The summed E-state index contributed by atoms with van der Waals surface area (Å²) < 4.78 is 10.5. The molecule has 0 amide bonds. The van der Waals surface area contributed by atoms with E-state index in [2.05, 4.69) is 0 Å². The third-order valence-electron chi connectivity index (χ3n) is 1.24. The number of thioether (sulfide) groups is 1. The molecule has 0 aromatic carbocycles. The molecule has 1 fully saturated rings. The van der Waals surface area contributed by atoms with Crippen molar-refractivity contribution in [3.63, 3.8) is 0 Å². The van der Waals surface area contributed by atoms with E-state index in [9.17, 15) is 9.36 Å². The van der Waals surface area contributed by atoms with Crippen LogP contribution in [0.15, 0.2) is 0 Å².